The summed E-state index contributed by atoms with van der Waals surface area (Å²) in [5, 5.41) is 8.87. The van der Waals surface area contributed by atoms with Crippen molar-refractivity contribution in [3.8, 4) is 5.75 Å². The quantitative estimate of drug-likeness (QED) is 0.866. The van der Waals surface area contributed by atoms with Crippen LogP contribution >= 0.6 is 0 Å². The number of ether oxygens (including phenoxy) is 1. The Morgan fingerprint density at radius 1 is 1.50 bits per heavy atom. The molecule has 1 unspecified atom stereocenters. The lowest BCUT2D eigenvalue weighted by atomic mass is 9.92. The van der Waals surface area contributed by atoms with Crippen molar-refractivity contribution in [1.82, 2.24) is 4.90 Å². The lowest BCUT2D eigenvalue weighted by molar-refractivity contribution is -0.138. The van der Waals surface area contributed by atoms with Crippen molar-refractivity contribution in [2.24, 2.45) is 0 Å². The third-order valence-electron chi connectivity index (χ3n) is 3.37. The summed E-state index contributed by atoms with van der Waals surface area (Å²) in [5.41, 5.74) is 1.20. The summed E-state index contributed by atoms with van der Waals surface area (Å²) in [7, 11) is 0. The highest BCUT2D eigenvalue weighted by atomic mass is 16.5. The molecule has 0 saturated heterocycles. The number of carboxylic acids is 1. The number of hydrogen-bond acceptors (Lipinski definition) is 3. The molecule has 0 saturated carbocycles. The largest absolute Gasteiger partial charge is 0.493 e. The minimum Gasteiger partial charge on any atom is -0.493 e. The number of aliphatic carboxylic acids is 1. The second-order valence-corrected chi connectivity index (χ2v) is 4.59. The average Bonchev–Trinajstić information content (AvgIpc) is 2.38. The van der Waals surface area contributed by atoms with E-state index in [0.717, 1.165) is 25.3 Å². The Morgan fingerprint density at radius 3 is 3.00 bits per heavy atom. The Balaban J connectivity index is 2.08. The summed E-state index contributed by atoms with van der Waals surface area (Å²) < 4.78 is 5.62. The van der Waals surface area contributed by atoms with Crippen molar-refractivity contribution in [1.29, 1.82) is 0 Å². The Bertz CT molecular complexity index is 419. The summed E-state index contributed by atoms with van der Waals surface area (Å²) in [5.74, 6) is 0.548. The standard InChI is InChI=1S/C14H19NO3/c1-2-15(10-14(16)17)9-11-7-8-18-13-6-4-3-5-12(11)13/h3-6,11H,2,7-10H2,1H3,(H,16,17). The maximum Gasteiger partial charge on any atom is 0.317 e. The van der Waals surface area contributed by atoms with E-state index >= 15 is 0 Å². The number of benzene rings is 1. The van der Waals surface area contributed by atoms with Gasteiger partial charge in [-0.05, 0) is 24.6 Å². The number of hydrogen-bond donors (Lipinski definition) is 1. The van der Waals surface area contributed by atoms with Crippen molar-refractivity contribution in [2.75, 3.05) is 26.2 Å². The van der Waals surface area contributed by atoms with Gasteiger partial charge in [0.25, 0.3) is 0 Å². The van der Waals surface area contributed by atoms with Crippen LogP contribution in [0.2, 0.25) is 0 Å². The molecule has 0 aliphatic carbocycles. The second-order valence-electron chi connectivity index (χ2n) is 4.59. The molecule has 2 rings (SSSR count). The zero-order valence-electron chi connectivity index (χ0n) is 10.6. The first-order valence-corrected chi connectivity index (χ1v) is 6.36. The number of carbonyl (C=O) groups is 1. The van der Waals surface area contributed by atoms with E-state index in [1.165, 1.54) is 5.56 Å². The van der Waals surface area contributed by atoms with E-state index in [2.05, 4.69) is 6.07 Å². The van der Waals surface area contributed by atoms with Gasteiger partial charge < -0.3 is 9.84 Å². The molecule has 0 radical (unpaired) electrons. The van der Waals surface area contributed by atoms with E-state index in [4.69, 9.17) is 9.84 Å². The molecule has 0 aromatic heterocycles. The zero-order chi connectivity index (χ0) is 13.0. The molecule has 0 fully saturated rings. The SMILES string of the molecule is CCN(CC(=O)O)CC1CCOc2ccccc21. The van der Waals surface area contributed by atoms with Gasteiger partial charge in [0, 0.05) is 12.5 Å². The molecule has 1 aliphatic rings. The van der Waals surface area contributed by atoms with Crippen molar-refractivity contribution in [2.45, 2.75) is 19.3 Å². The fraction of sp³-hybridized carbons (Fsp3) is 0.500. The number of para-hydroxylation sites is 1. The molecule has 0 bridgehead atoms. The normalized spacial score (nSPS) is 18.2. The minimum absolute atomic E-state index is 0.107. The van der Waals surface area contributed by atoms with Crippen LogP contribution in [-0.2, 0) is 4.79 Å². The molecule has 1 aromatic carbocycles. The minimum atomic E-state index is -0.766. The van der Waals surface area contributed by atoms with Crippen LogP contribution in [0.5, 0.6) is 5.75 Å². The van der Waals surface area contributed by atoms with Crippen molar-refractivity contribution in [3.63, 3.8) is 0 Å². The molecule has 1 heterocycles. The van der Waals surface area contributed by atoms with Gasteiger partial charge in [-0.1, -0.05) is 25.1 Å². The van der Waals surface area contributed by atoms with E-state index in [1.54, 1.807) is 0 Å². The maximum atomic E-state index is 10.8. The predicted octanol–water partition coefficient (Wildman–Crippen LogP) is 1.96. The first-order chi connectivity index (χ1) is 8.70. The van der Waals surface area contributed by atoms with Crippen LogP contribution in [0.1, 0.15) is 24.8 Å². The fourth-order valence-corrected chi connectivity index (χ4v) is 2.41. The highest BCUT2D eigenvalue weighted by Gasteiger charge is 2.23. The average molecular weight is 249 g/mol. The predicted molar refractivity (Wildman–Crippen MR) is 69.0 cm³/mol. The molecule has 0 amide bonds. The molecule has 98 valence electrons. The molecule has 1 aliphatic heterocycles. The van der Waals surface area contributed by atoms with Crippen molar-refractivity contribution in [3.05, 3.63) is 29.8 Å². The molecule has 1 aromatic rings. The lowest BCUT2D eigenvalue weighted by Gasteiger charge is -2.30. The van der Waals surface area contributed by atoms with Gasteiger partial charge in [0.05, 0.1) is 13.2 Å². The van der Waals surface area contributed by atoms with Crippen LogP contribution in [0.25, 0.3) is 0 Å². The number of carboxylic acid groups (broad SMARTS) is 1. The summed E-state index contributed by atoms with van der Waals surface area (Å²) in [6, 6.07) is 8.03. The summed E-state index contributed by atoms with van der Waals surface area (Å²) in [6.07, 6.45) is 0.952. The van der Waals surface area contributed by atoms with Crippen LogP contribution in [-0.4, -0.2) is 42.2 Å². The topological polar surface area (TPSA) is 49.8 Å². The first kappa shape index (κ1) is 12.9. The first-order valence-electron chi connectivity index (χ1n) is 6.36. The molecular weight excluding hydrogens is 230 g/mol. The molecule has 0 spiro atoms. The monoisotopic (exact) mass is 249 g/mol. The zero-order valence-corrected chi connectivity index (χ0v) is 10.6. The van der Waals surface area contributed by atoms with Crippen LogP contribution in [0.3, 0.4) is 0 Å². The third-order valence-corrected chi connectivity index (χ3v) is 3.37. The smallest absolute Gasteiger partial charge is 0.317 e. The van der Waals surface area contributed by atoms with E-state index < -0.39 is 5.97 Å². The van der Waals surface area contributed by atoms with Gasteiger partial charge in [0.2, 0.25) is 0 Å². The van der Waals surface area contributed by atoms with Gasteiger partial charge >= 0.3 is 5.97 Å². The maximum absolute atomic E-state index is 10.8. The Morgan fingerprint density at radius 2 is 2.28 bits per heavy atom. The van der Waals surface area contributed by atoms with Crippen LogP contribution < -0.4 is 4.74 Å². The van der Waals surface area contributed by atoms with Gasteiger partial charge in [-0.15, -0.1) is 0 Å². The van der Waals surface area contributed by atoms with Crippen molar-refractivity contribution >= 4 is 5.97 Å². The third kappa shape index (κ3) is 3.01. The molecule has 4 nitrogen and oxygen atoms in total. The number of fused-ring (bicyclic) bond motifs is 1. The molecular formula is C14H19NO3. The fourth-order valence-electron chi connectivity index (χ4n) is 2.41. The van der Waals surface area contributed by atoms with E-state index in [-0.39, 0.29) is 6.54 Å². The summed E-state index contributed by atoms with van der Waals surface area (Å²) in [6.45, 7) is 4.35. The highest BCUT2D eigenvalue weighted by molar-refractivity contribution is 5.69. The molecule has 1 atom stereocenters. The molecule has 4 heteroatoms. The van der Waals surface area contributed by atoms with Crippen LogP contribution in [0.15, 0.2) is 24.3 Å². The van der Waals surface area contributed by atoms with Gasteiger partial charge in [0.1, 0.15) is 5.75 Å². The van der Waals surface area contributed by atoms with Gasteiger partial charge in [-0.2, -0.15) is 0 Å². The summed E-state index contributed by atoms with van der Waals surface area (Å²) in [4.78, 5) is 12.8. The molecule has 18 heavy (non-hydrogen) atoms. The van der Waals surface area contributed by atoms with Gasteiger partial charge in [-0.25, -0.2) is 0 Å². The summed E-state index contributed by atoms with van der Waals surface area (Å²) >= 11 is 0. The van der Waals surface area contributed by atoms with Gasteiger partial charge in [-0.3, -0.25) is 9.69 Å². The number of nitrogens with zero attached hydrogens (tertiary/aromatic N) is 1. The van der Waals surface area contributed by atoms with E-state index in [1.807, 2.05) is 30.0 Å². The second kappa shape index (κ2) is 5.87. The van der Waals surface area contributed by atoms with E-state index in [0.29, 0.717) is 12.5 Å². The molecule has 1 N–H and O–H groups in total. The lowest BCUT2D eigenvalue weighted by Crippen LogP contribution is -2.34. The van der Waals surface area contributed by atoms with Gasteiger partial charge in [0.15, 0.2) is 0 Å². The van der Waals surface area contributed by atoms with Crippen LogP contribution in [0, 0.1) is 0 Å². The number of likely N-dealkylation sites (N-methyl/N-ethyl adjacent to an activating group) is 1. The Labute approximate surface area is 107 Å². The highest BCUT2D eigenvalue weighted by Crippen LogP contribution is 2.33. The van der Waals surface area contributed by atoms with Crippen molar-refractivity contribution < 1.29 is 14.6 Å². The van der Waals surface area contributed by atoms with Crippen LogP contribution in [0.4, 0.5) is 0 Å². The Kier molecular flexibility index (Phi) is 4.20. The number of rotatable bonds is 5. The Hall–Kier alpha value is -1.55. The van der Waals surface area contributed by atoms with E-state index in [9.17, 15) is 4.79 Å².